The molecule has 2 aromatic carbocycles. The molecule has 45 heavy (non-hydrogen) atoms. The molecular formula is C32H49ClN4O5S3. The number of carbonyl (C=O) groups excluding carboxylic acids is 2. The minimum atomic E-state index is -4.02. The first-order valence-electron chi connectivity index (χ1n) is 15.3. The van der Waals surface area contributed by atoms with E-state index in [2.05, 4.69) is 23.5 Å². The maximum atomic E-state index is 13.4. The molecule has 252 valence electrons. The van der Waals surface area contributed by atoms with Gasteiger partial charge in [0.15, 0.2) is 0 Å². The molecule has 13 heteroatoms. The molecule has 2 unspecified atom stereocenters. The first-order chi connectivity index (χ1) is 21.0. The van der Waals surface area contributed by atoms with E-state index in [-0.39, 0.29) is 23.9 Å². The fourth-order valence-corrected chi connectivity index (χ4v) is 9.37. The zero-order valence-electron chi connectivity index (χ0n) is 27.3. The lowest BCUT2D eigenvalue weighted by atomic mass is 10.1. The van der Waals surface area contributed by atoms with Gasteiger partial charge in [0, 0.05) is 65.9 Å². The van der Waals surface area contributed by atoms with Gasteiger partial charge < -0.3 is 19.4 Å². The molecule has 2 atom stereocenters. The summed E-state index contributed by atoms with van der Waals surface area (Å²) in [5.41, 5.74) is 1.76. The van der Waals surface area contributed by atoms with E-state index in [4.69, 9.17) is 4.74 Å². The van der Waals surface area contributed by atoms with E-state index in [9.17, 15) is 18.0 Å². The molecule has 1 N–H and O–H groups in total. The van der Waals surface area contributed by atoms with Gasteiger partial charge in [0.1, 0.15) is 6.04 Å². The Labute approximate surface area is 283 Å². The maximum absolute atomic E-state index is 13.4. The van der Waals surface area contributed by atoms with Gasteiger partial charge in [-0.1, -0.05) is 66.1 Å². The van der Waals surface area contributed by atoms with E-state index < -0.39 is 22.0 Å². The summed E-state index contributed by atoms with van der Waals surface area (Å²) in [6.07, 6.45) is 5.87. The number of halogens is 1. The van der Waals surface area contributed by atoms with Gasteiger partial charge in [0.05, 0.1) is 11.5 Å². The van der Waals surface area contributed by atoms with Gasteiger partial charge in [-0.15, -0.1) is 12.4 Å². The van der Waals surface area contributed by atoms with Crippen LogP contribution in [0.3, 0.4) is 0 Å². The average Bonchev–Trinajstić information content (AvgIpc) is 3.51. The number of anilines is 1. The Morgan fingerprint density at radius 1 is 1.11 bits per heavy atom. The SMILES string of the molecule is CCCC(C)SSC(CCOC(=O)C(C)NS(=O)(=O)c1cccc2c(N(C)C)cccc12)=C(C)N(C=O)CCN1CCCC1.Cl. The molecule has 1 fully saturated rings. The zero-order valence-corrected chi connectivity index (χ0v) is 30.5. The van der Waals surface area contributed by atoms with E-state index in [0.717, 1.165) is 60.6 Å². The third-order valence-electron chi connectivity index (χ3n) is 7.71. The van der Waals surface area contributed by atoms with Gasteiger partial charge in [-0.05, 0) is 58.3 Å². The number of carbonyl (C=O) groups is 2. The van der Waals surface area contributed by atoms with Crippen LogP contribution in [0.15, 0.2) is 51.9 Å². The minimum Gasteiger partial charge on any atom is -0.464 e. The van der Waals surface area contributed by atoms with Gasteiger partial charge in [0.2, 0.25) is 16.4 Å². The highest BCUT2D eigenvalue weighted by Gasteiger charge is 2.25. The molecule has 9 nitrogen and oxygen atoms in total. The van der Waals surface area contributed by atoms with Crippen LogP contribution in [0.5, 0.6) is 0 Å². The predicted molar refractivity (Wildman–Crippen MR) is 192 cm³/mol. The fourth-order valence-electron chi connectivity index (χ4n) is 5.20. The highest BCUT2D eigenvalue weighted by atomic mass is 35.5. The van der Waals surface area contributed by atoms with Crippen LogP contribution in [0, 0.1) is 0 Å². The number of sulfonamides is 1. The number of amides is 1. The summed E-state index contributed by atoms with van der Waals surface area (Å²) in [5, 5.41) is 1.81. The first-order valence-corrected chi connectivity index (χ1v) is 19.0. The van der Waals surface area contributed by atoms with Crippen LogP contribution in [0.25, 0.3) is 10.8 Å². The second-order valence-corrected chi connectivity index (χ2v) is 15.8. The number of hydrogen-bond donors (Lipinski definition) is 1. The van der Waals surface area contributed by atoms with Crippen LogP contribution in [0.1, 0.15) is 59.8 Å². The van der Waals surface area contributed by atoms with Gasteiger partial charge in [-0.3, -0.25) is 9.59 Å². The molecular weight excluding hydrogens is 652 g/mol. The molecule has 1 amide bonds. The second kappa shape index (κ2) is 19.0. The Balaban J connectivity index is 0.00000705. The highest BCUT2D eigenvalue weighted by molar-refractivity contribution is 8.78. The van der Waals surface area contributed by atoms with Crippen LogP contribution in [-0.2, 0) is 24.3 Å². The third kappa shape index (κ3) is 11.4. The van der Waals surface area contributed by atoms with Crippen molar-refractivity contribution >= 4 is 72.9 Å². The number of likely N-dealkylation sites (tertiary alicyclic amines) is 1. The van der Waals surface area contributed by atoms with Crippen molar-refractivity contribution in [2.45, 2.75) is 76.0 Å². The molecule has 2 aromatic rings. The maximum Gasteiger partial charge on any atom is 0.323 e. The van der Waals surface area contributed by atoms with Crippen LogP contribution in [-0.4, -0.2) is 88.8 Å². The number of benzene rings is 2. The van der Waals surface area contributed by atoms with E-state index in [0.29, 0.717) is 23.6 Å². The highest BCUT2D eigenvalue weighted by Crippen LogP contribution is 2.39. The lowest BCUT2D eigenvalue weighted by Crippen LogP contribution is -2.39. The minimum absolute atomic E-state index is 0. The van der Waals surface area contributed by atoms with Crippen molar-refractivity contribution in [2.75, 3.05) is 51.8 Å². The Hall–Kier alpha value is -1.96. The first kappa shape index (κ1) is 39.2. The quantitative estimate of drug-likeness (QED) is 0.109. The van der Waals surface area contributed by atoms with E-state index in [1.807, 2.05) is 44.1 Å². The molecule has 1 aliphatic heterocycles. The van der Waals surface area contributed by atoms with Gasteiger partial charge in [-0.25, -0.2) is 8.42 Å². The van der Waals surface area contributed by atoms with Crippen molar-refractivity contribution in [2.24, 2.45) is 0 Å². The van der Waals surface area contributed by atoms with E-state index >= 15 is 0 Å². The standard InChI is InChI=1S/C32H48N4O5S3.ClH/c1-7-12-24(2)42-43-30(26(4)36(23-37)21-20-35-18-8-9-19-35)17-22-41-32(38)25(3)33-44(39,40)31-16-11-13-27-28(31)14-10-15-29(27)34(5)6;/h10-11,13-16,23-25,33H,7-9,12,17-22H2,1-6H3;1H. The van der Waals surface area contributed by atoms with Crippen molar-refractivity contribution in [3.63, 3.8) is 0 Å². The number of ether oxygens (including phenoxy) is 1. The molecule has 0 aliphatic carbocycles. The number of nitrogens with zero attached hydrogens (tertiary/aromatic N) is 3. The number of rotatable bonds is 18. The lowest BCUT2D eigenvalue weighted by Gasteiger charge is -2.25. The molecule has 0 spiro atoms. The number of allylic oxidation sites excluding steroid dienone is 1. The van der Waals surface area contributed by atoms with Crippen LogP contribution in [0.4, 0.5) is 5.69 Å². The summed E-state index contributed by atoms with van der Waals surface area (Å²) in [7, 11) is 3.18. The Bertz CT molecular complexity index is 1400. The summed E-state index contributed by atoms with van der Waals surface area (Å²) >= 11 is 0. The normalized spacial score (nSPS) is 15.6. The molecule has 0 saturated carbocycles. The summed E-state index contributed by atoms with van der Waals surface area (Å²) < 4.78 is 34.9. The van der Waals surface area contributed by atoms with Crippen molar-refractivity contribution in [3.05, 3.63) is 47.0 Å². The molecule has 1 heterocycles. The van der Waals surface area contributed by atoms with Crippen molar-refractivity contribution < 1.29 is 22.7 Å². The number of nitrogens with one attached hydrogen (secondary N) is 1. The Morgan fingerprint density at radius 3 is 2.42 bits per heavy atom. The van der Waals surface area contributed by atoms with Crippen LogP contribution >= 0.6 is 34.0 Å². The summed E-state index contributed by atoms with van der Waals surface area (Å²) in [6.45, 7) is 11.4. The van der Waals surface area contributed by atoms with Gasteiger partial charge in [0.25, 0.3) is 0 Å². The number of esters is 1. The Morgan fingerprint density at radius 2 is 1.78 bits per heavy atom. The molecule has 0 bridgehead atoms. The molecule has 0 aromatic heterocycles. The van der Waals surface area contributed by atoms with Crippen LogP contribution < -0.4 is 9.62 Å². The summed E-state index contributed by atoms with van der Waals surface area (Å²) in [5.74, 6) is -0.655. The number of hydrogen-bond acceptors (Lipinski definition) is 9. The average molecular weight is 701 g/mol. The summed E-state index contributed by atoms with van der Waals surface area (Å²) in [6, 6.07) is 9.55. The van der Waals surface area contributed by atoms with E-state index in [1.54, 1.807) is 44.7 Å². The van der Waals surface area contributed by atoms with Crippen molar-refractivity contribution in [1.82, 2.24) is 14.5 Å². The van der Waals surface area contributed by atoms with Crippen molar-refractivity contribution in [3.8, 4) is 0 Å². The van der Waals surface area contributed by atoms with E-state index in [1.165, 1.54) is 19.8 Å². The molecule has 3 rings (SSSR count). The largest absolute Gasteiger partial charge is 0.464 e. The topological polar surface area (TPSA) is 99.3 Å². The molecule has 1 saturated heterocycles. The second-order valence-electron chi connectivity index (χ2n) is 11.4. The molecule has 1 aliphatic rings. The monoisotopic (exact) mass is 700 g/mol. The fraction of sp³-hybridized carbons (Fsp3) is 0.562. The van der Waals surface area contributed by atoms with Crippen molar-refractivity contribution in [1.29, 1.82) is 0 Å². The smallest absolute Gasteiger partial charge is 0.323 e. The zero-order chi connectivity index (χ0) is 32.3. The Kier molecular flexibility index (Phi) is 16.6. The van der Waals surface area contributed by atoms with Gasteiger partial charge in [-0.2, -0.15) is 4.72 Å². The molecule has 0 radical (unpaired) electrons. The predicted octanol–water partition coefficient (Wildman–Crippen LogP) is 6.28. The van der Waals surface area contributed by atoms with Gasteiger partial charge >= 0.3 is 5.97 Å². The summed E-state index contributed by atoms with van der Waals surface area (Å²) in [4.78, 5) is 32.1. The third-order valence-corrected chi connectivity index (χ3v) is 12.6. The lowest BCUT2D eigenvalue weighted by molar-refractivity contribution is -0.145. The number of fused-ring (bicyclic) bond motifs is 1. The van der Waals surface area contributed by atoms with Crippen LogP contribution in [0.2, 0.25) is 0 Å².